The summed E-state index contributed by atoms with van der Waals surface area (Å²) in [7, 11) is 0. The van der Waals surface area contributed by atoms with Crippen LogP contribution in [-0.2, 0) is 11.3 Å². The van der Waals surface area contributed by atoms with Gasteiger partial charge in [0.05, 0.1) is 25.4 Å². The molecular weight excluding hydrogens is 209 g/mol. The van der Waals surface area contributed by atoms with Crippen molar-refractivity contribution in [3.63, 3.8) is 0 Å². The fraction of sp³-hybridized carbons (Fsp3) is 0.500. The van der Waals surface area contributed by atoms with E-state index in [9.17, 15) is 4.39 Å². The van der Waals surface area contributed by atoms with Gasteiger partial charge in [-0.2, -0.15) is 0 Å². The first-order valence-electron chi connectivity index (χ1n) is 5.31. The number of hydrogen-bond donors (Lipinski definition) is 2. The maximum Gasteiger partial charge on any atom is 0.123 e. The summed E-state index contributed by atoms with van der Waals surface area (Å²) in [6.07, 6.45) is 0.646. The first kappa shape index (κ1) is 13.1. The molecule has 0 aliphatic rings. The van der Waals surface area contributed by atoms with Crippen molar-refractivity contribution in [1.29, 1.82) is 0 Å². The Morgan fingerprint density at radius 2 is 2.00 bits per heavy atom. The molecule has 1 atom stereocenters. The van der Waals surface area contributed by atoms with Crippen LogP contribution in [0.2, 0.25) is 0 Å². The Kier molecular flexibility index (Phi) is 4.86. The van der Waals surface area contributed by atoms with Crippen LogP contribution in [0.1, 0.15) is 18.9 Å². The molecule has 0 aliphatic carbocycles. The van der Waals surface area contributed by atoms with Crippen molar-refractivity contribution in [1.82, 2.24) is 0 Å². The average molecular weight is 227 g/mol. The fourth-order valence-electron chi connectivity index (χ4n) is 1.21. The maximum atomic E-state index is 12.6. The number of hydrogen-bond acceptors (Lipinski definition) is 3. The molecule has 1 unspecified atom stereocenters. The van der Waals surface area contributed by atoms with E-state index >= 15 is 0 Å². The summed E-state index contributed by atoms with van der Waals surface area (Å²) in [5, 5.41) is 9.06. The van der Waals surface area contributed by atoms with Crippen molar-refractivity contribution in [2.24, 2.45) is 5.73 Å². The van der Waals surface area contributed by atoms with Gasteiger partial charge in [0.1, 0.15) is 5.82 Å². The third-order valence-corrected chi connectivity index (χ3v) is 2.59. The Hall–Kier alpha value is -0.970. The van der Waals surface area contributed by atoms with E-state index < -0.39 is 5.54 Å². The smallest absolute Gasteiger partial charge is 0.123 e. The second-order valence-corrected chi connectivity index (χ2v) is 3.99. The Morgan fingerprint density at radius 1 is 1.38 bits per heavy atom. The second-order valence-electron chi connectivity index (χ2n) is 3.99. The van der Waals surface area contributed by atoms with Crippen LogP contribution in [-0.4, -0.2) is 23.9 Å². The van der Waals surface area contributed by atoms with Gasteiger partial charge in [-0.1, -0.05) is 19.1 Å². The van der Waals surface area contributed by atoms with Gasteiger partial charge in [-0.15, -0.1) is 0 Å². The molecule has 1 aromatic carbocycles. The molecule has 3 nitrogen and oxygen atoms in total. The van der Waals surface area contributed by atoms with Crippen molar-refractivity contribution in [2.45, 2.75) is 25.5 Å². The molecule has 3 N–H and O–H groups in total. The molecule has 0 fully saturated rings. The van der Waals surface area contributed by atoms with Gasteiger partial charge in [-0.05, 0) is 24.1 Å². The first-order chi connectivity index (χ1) is 7.59. The van der Waals surface area contributed by atoms with Crippen molar-refractivity contribution in [3.05, 3.63) is 35.6 Å². The molecule has 90 valence electrons. The van der Waals surface area contributed by atoms with E-state index in [1.807, 2.05) is 6.92 Å². The van der Waals surface area contributed by atoms with Crippen LogP contribution in [0.3, 0.4) is 0 Å². The number of aliphatic hydroxyl groups is 1. The predicted molar refractivity (Wildman–Crippen MR) is 60.4 cm³/mol. The van der Waals surface area contributed by atoms with Crippen molar-refractivity contribution < 1.29 is 14.2 Å². The highest BCUT2D eigenvalue weighted by atomic mass is 19.1. The van der Waals surface area contributed by atoms with Crippen molar-refractivity contribution >= 4 is 0 Å². The third-order valence-electron chi connectivity index (χ3n) is 2.59. The molecule has 0 heterocycles. The standard InChI is InChI=1S/C12H18FNO2/c1-2-12(14,8-15)9-16-7-10-3-5-11(13)6-4-10/h3-6,15H,2,7-9,14H2,1H3. The zero-order valence-corrected chi connectivity index (χ0v) is 9.45. The van der Waals surface area contributed by atoms with E-state index in [0.29, 0.717) is 13.0 Å². The first-order valence-corrected chi connectivity index (χ1v) is 5.31. The van der Waals surface area contributed by atoms with Gasteiger partial charge in [0.25, 0.3) is 0 Å². The number of benzene rings is 1. The van der Waals surface area contributed by atoms with Crippen LogP contribution in [0.15, 0.2) is 24.3 Å². The van der Waals surface area contributed by atoms with Crippen LogP contribution in [0, 0.1) is 5.82 Å². The minimum atomic E-state index is -0.681. The number of aliphatic hydroxyl groups excluding tert-OH is 1. The van der Waals surface area contributed by atoms with Crippen LogP contribution in [0.4, 0.5) is 4.39 Å². The lowest BCUT2D eigenvalue weighted by Gasteiger charge is -2.25. The maximum absolute atomic E-state index is 12.6. The van der Waals surface area contributed by atoms with Gasteiger partial charge < -0.3 is 15.6 Å². The van der Waals surface area contributed by atoms with Crippen LogP contribution >= 0.6 is 0 Å². The van der Waals surface area contributed by atoms with Crippen LogP contribution in [0.5, 0.6) is 0 Å². The summed E-state index contributed by atoms with van der Waals surface area (Å²) in [4.78, 5) is 0. The summed E-state index contributed by atoms with van der Waals surface area (Å²) in [6, 6.07) is 6.11. The summed E-state index contributed by atoms with van der Waals surface area (Å²) >= 11 is 0. The van der Waals surface area contributed by atoms with Crippen molar-refractivity contribution in [3.8, 4) is 0 Å². The van der Waals surface area contributed by atoms with Gasteiger partial charge in [-0.3, -0.25) is 0 Å². The quantitative estimate of drug-likeness (QED) is 0.773. The minimum Gasteiger partial charge on any atom is -0.394 e. The van der Waals surface area contributed by atoms with E-state index in [0.717, 1.165) is 5.56 Å². The predicted octanol–water partition coefficient (Wildman–Crippen LogP) is 1.44. The molecule has 1 rings (SSSR count). The van der Waals surface area contributed by atoms with Gasteiger partial charge >= 0.3 is 0 Å². The van der Waals surface area contributed by atoms with Crippen LogP contribution < -0.4 is 5.73 Å². The number of ether oxygens (including phenoxy) is 1. The zero-order chi connectivity index (χ0) is 12.0. The van der Waals surface area contributed by atoms with Gasteiger partial charge in [0.2, 0.25) is 0 Å². The van der Waals surface area contributed by atoms with Gasteiger partial charge in [-0.25, -0.2) is 4.39 Å². The normalized spacial score (nSPS) is 14.8. The highest BCUT2D eigenvalue weighted by Crippen LogP contribution is 2.09. The van der Waals surface area contributed by atoms with Gasteiger partial charge in [0, 0.05) is 0 Å². The Balaban J connectivity index is 2.38. The lowest BCUT2D eigenvalue weighted by atomic mass is 10.0. The molecule has 4 heteroatoms. The number of halogens is 1. The average Bonchev–Trinajstić information content (AvgIpc) is 2.31. The number of nitrogens with two attached hydrogens (primary N) is 1. The Bertz CT molecular complexity index is 309. The van der Waals surface area contributed by atoms with Crippen molar-refractivity contribution in [2.75, 3.05) is 13.2 Å². The molecule has 0 spiro atoms. The topological polar surface area (TPSA) is 55.5 Å². The van der Waals surface area contributed by atoms with E-state index in [4.69, 9.17) is 15.6 Å². The summed E-state index contributed by atoms with van der Waals surface area (Å²) in [5.41, 5.74) is 6.06. The minimum absolute atomic E-state index is 0.104. The lowest BCUT2D eigenvalue weighted by Crippen LogP contribution is -2.47. The van der Waals surface area contributed by atoms with E-state index in [1.165, 1.54) is 12.1 Å². The zero-order valence-electron chi connectivity index (χ0n) is 9.45. The van der Waals surface area contributed by atoms with E-state index in [2.05, 4.69) is 0 Å². The molecule has 0 radical (unpaired) electrons. The van der Waals surface area contributed by atoms with E-state index in [-0.39, 0.29) is 19.0 Å². The highest BCUT2D eigenvalue weighted by Gasteiger charge is 2.21. The van der Waals surface area contributed by atoms with Crippen LogP contribution in [0.25, 0.3) is 0 Å². The highest BCUT2D eigenvalue weighted by molar-refractivity contribution is 5.14. The second kappa shape index (κ2) is 5.94. The van der Waals surface area contributed by atoms with Gasteiger partial charge in [0.15, 0.2) is 0 Å². The summed E-state index contributed by atoms with van der Waals surface area (Å²) in [6.45, 7) is 2.46. The summed E-state index contributed by atoms with van der Waals surface area (Å²) < 4.78 is 18.0. The molecule has 0 saturated carbocycles. The van der Waals surface area contributed by atoms with E-state index in [1.54, 1.807) is 12.1 Å². The number of rotatable bonds is 6. The molecule has 0 amide bonds. The summed E-state index contributed by atoms with van der Waals surface area (Å²) in [5.74, 6) is -0.263. The fourth-order valence-corrected chi connectivity index (χ4v) is 1.21. The molecular formula is C12H18FNO2. The third kappa shape index (κ3) is 3.89. The Labute approximate surface area is 95.0 Å². The molecule has 0 aliphatic heterocycles. The Morgan fingerprint density at radius 3 is 2.50 bits per heavy atom. The largest absolute Gasteiger partial charge is 0.394 e. The SMILES string of the molecule is CCC(N)(CO)COCc1ccc(F)cc1. The molecule has 1 aromatic rings. The molecule has 0 aromatic heterocycles. The monoisotopic (exact) mass is 227 g/mol. The molecule has 0 saturated heterocycles. The molecule has 0 bridgehead atoms. The lowest BCUT2D eigenvalue weighted by molar-refractivity contribution is 0.0440. The molecule has 16 heavy (non-hydrogen) atoms.